The highest BCUT2D eigenvalue weighted by molar-refractivity contribution is 5.44. The lowest BCUT2D eigenvalue weighted by atomic mass is 10.2. The van der Waals surface area contributed by atoms with E-state index >= 15 is 0 Å². The monoisotopic (exact) mass is 217 g/mol. The number of rotatable bonds is 2. The van der Waals surface area contributed by atoms with Crippen molar-refractivity contribution in [2.75, 3.05) is 0 Å². The summed E-state index contributed by atoms with van der Waals surface area (Å²) < 4.78 is 37.0. The van der Waals surface area contributed by atoms with Crippen molar-refractivity contribution >= 4 is 5.69 Å². The molecule has 0 unspecified atom stereocenters. The fraction of sp³-hybridized carbons (Fsp3) is 0.143. The van der Waals surface area contributed by atoms with Gasteiger partial charge in [-0.3, -0.25) is 10.1 Å². The molecule has 0 atom stereocenters. The fourth-order valence-electron chi connectivity index (χ4n) is 0.868. The number of alkyl halides is 2. The molecule has 0 spiro atoms. The molecule has 1 heterocycles. The second kappa shape index (κ2) is 3.91. The number of aromatic nitrogens is 1. The van der Waals surface area contributed by atoms with Crippen LogP contribution in [-0.2, 0) is 0 Å². The molecule has 0 bridgehead atoms. The molecule has 0 amide bonds. The Morgan fingerprint density at radius 2 is 2.20 bits per heavy atom. The standard InChI is InChI=1S/C7H2F3N3O2/c8-3-1-5(13(14)15)4(2-11)12-6(3)7(9)10/h1,7H. The summed E-state index contributed by atoms with van der Waals surface area (Å²) in [7, 11) is 0. The Morgan fingerprint density at radius 3 is 2.60 bits per heavy atom. The topological polar surface area (TPSA) is 79.8 Å². The molecule has 0 aliphatic rings. The van der Waals surface area contributed by atoms with Gasteiger partial charge in [-0.1, -0.05) is 0 Å². The van der Waals surface area contributed by atoms with Crippen LogP contribution in [0.5, 0.6) is 0 Å². The van der Waals surface area contributed by atoms with Crippen LogP contribution in [0, 0.1) is 27.3 Å². The highest BCUT2D eigenvalue weighted by Gasteiger charge is 2.24. The van der Waals surface area contributed by atoms with Crippen LogP contribution in [0.4, 0.5) is 18.9 Å². The van der Waals surface area contributed by atoms with Crippen molar-refractivity contribution in [3.8, 4) is 6.07 Å². The molecule has 5 nitrogen and oxygen atoms in total. The van der Waals surface area contributed by atoms with Gasteiger partial charge in [0.15, 0.2) is 5.82 Å². The molecule has 0 aromatic carbocycles. The van der Waals surface area contributed by atoms with Crippen LogP contribution < -0.4 is 0 Å². The van der Waals surface area contributed by atoms with E-state index in [-0.39, 0.29) is 6.07 Å². The SMILES string of the molecule is N#Cc1nc(C(F)F)c(F)cc1[N+](=O)[O-]. The molecule has 1 rings (SSSR count). The van der Waals surface area contributed by atoms with Crippen LogP contribution in [0.3, 0.4) is 0 Å². The van der Waals surface area contributed by atoms with Gasteiger partial charge in [0.1, 0.15) is 11.8 Å². The van der Waals surface area contributed by atoms with E-state index in [2.05, 4.69) is 4.98 Å². The summed E-state index contributed by atoms with van der Waals surface area (Å²) in [6.07, 6.45) is -3.22. The average molecular weight is 217 g/mol. The molecule has 0 N–H and O–H groups in total. The Balaban J connectivity index is 3.44. The van der Waals surface area contributed by atoms with E-state index in [1.807, 2.05) is 0 Å². The minimum Gasteiger partial charge on any atom is -0.258 e. The van der Waals surface area contributed by atoms with E-state index in [0.29, 0.717) is 0 Å². The fourth-order valence-corrected chi connectivity index (χ4v) is 0.868. The summed E-state index contributed by atoms with van der Waals surface area (Å²) in [4.78, 5) is 12.1. The quantitative estimate of drug-likeness (QED) is 0.560. The van der Waals surface area contributed by atoms with Crippen molar-refractivity contribution in [2.45, 2.75) is 6.43 Å². The summed E-state index contributed by atoms with van der Waals surface area (Å²) in [5, 5.41) is 18.7. The molecular formula is C7H2F3N3O2. The number of nitrogens with zero attached hydrogens (tertiary/aromatic N) is 3. The van der Waals surface area contributed by atoms with E-state index in [9.17, 15) is 23.3 Å². The lowest BCUT2D eigenvalue weighted by Crippen LogP contribution is -2.02. The van der Waals surface area contributed by atoms with Crippen LogP contribution >= 0.6 is 0 Å². The number of nitriles is 1. The molecule has 1 aromatic heterocycles. The maximum atomic E-state index is 12.8. The molecule has 15 heavy (non-hydrogen) atoms. The summed E-state index contributed by atoms with van der Waals surface area (Å²) in [5.74, 6) is -1.50. The number of hydrogen-bond acceptors (Lipinski definition) is 4. The normalized spacial score (nSPS) is 10.1. The van der Waals surface area contributed by atoms with Gasteiger partial charge >= 0.3 is 5.69 Å². The predicted molar refractivity (Wildman–Crippen MR) is 40.5 cm³/mol. The van der Waals surface area contributed by atoms with Gasteiger partial charge in [-0.15, -0.1) is 0 Å². The third kappa shape index (κ3) is 2.01. The van der Waals surface area contributed by atoms with Crippen molar-refractivity contribution in [3.63, 3.8) is 0 Å². The van der Waals surface area contributed by atoms with E-state index in [1.54, 1.807) is 0 Å². The van der Waals surface area contributed by atoms with Crippen LogP contribution in [0.1, 0.15) is 17.8 Å². The number of nitro groups is 1. The maximum absolute atomic E-state index is 12.8. The smallest absolute Gasteiger partial charge is 0.258 e. The molecule has 0 fully saturated rings. The molecule has 78 valence electrons. The lowest BCUT2D eigenvalue weighted by Gasteiger charge is -2.01. The van der Waals surface area contributed by atoms with Gasteiger partial charge in [0.05, 0.1) is 11.0 Å². The third-order valence-electron chi connectivity index (χ3n) is 1.49. The van der Waals surface area contributed by atoms with Gasteiger partial charge in [0, 0.05) is 0 Å². The van der Waals surface area contributed by atoms with Crippen molar-refractivity contribution in [3.05, 3.63) is 33.4 Å². The molecule has 0 saturated carbocycles. The summed E-state index contributed by atoms with van der Waals surface area (Å²) in [5.41, 5.74) is -3.03. The summed E-state index contributed by atoms with van der Waals surface area (Å²) in [6, 6.07) is 1.50. The Kier molecular flexibility index (Phi) is 2.85. The number of pyridine rings is 1. The van der Waals surface area contributed by atoms with E-state index in [0.717, 1.165) is 0 Å². The molecule has 8 heteroatoms. The first-order valence-electron chi connectivity index (χ1n) is 3.50. The molecule has 0 saturated heterocycles. The van der Waals surface area contributed by atoms with E-state index < -0.39 is 34.2 Å². The van der Waals surface area contributed by atoms with Crippen LogP contribution in [0.15, 0.2) is 6.07 Å². The second-order valence-corrected chi connectivity index (χ2v) is 2.39. The van der Waals surface area contributed by atoms with Gasteiger partial charge in [0.25, 0.3) is 6.43 Å². The van der Waals surface area contributed by atoms with Crippen molar-refractivity contribution in [1.29, 1.82) is 5.26 Å². The molecule has 0 radical (unpaired) electrons. The Labute approximate surface area is 80.9 Å². The maximum Gasteiger partial charge on any atom is 0.308 e. The first-order chi connectivity index (χ1) is 6.97. The Bertz CT molecular complexity index is 456. The summed E-state index contributed by atoms with van der Waals surface area (Å²) >= 11 is 0. The van der Waals surface area contributed by atoms with Gasteiger partial charge in [-0.05, 0) is 0 Å². The minimum absolute atomic E-state index is 0.257. The predicted octanol–water partition coefficient (Wildman–Crippen LogP) is 1.94. The molecular weight excluding hydrogens is 215 g/mol. The highest BCUT2D eigenvalue weighted by atomic mass is 19.3. The zero-order valence-corrected chi connectivity index (χ0v) is 6.95. The van der Waals surface area contributed by atoms with E-state index in [4.69, 9.17) is 5.26 Å². The minimum atomic E-state index is -3.22. The van der Waals surface area contributed by atoms with Crippen LogP contribution in [-0.4, -0.2) is 9.91 Å². The van der Waals surface area contributed by atoms with Crippen molar-refractivity contribution in [2.24, 2.45) is 0 Å². The Hall–Kier alpha value is -2.17. The third-order valence-corrected chi connectivity index (χ3v) is 1.49. The van der Waals surface area contributed by atoms with Gasteiger partial charge in [-0.2, -0.15) is 5.26 Å². The first-order valence-corrected chi connectivity index (χ1v) is 3.50. The number of halogens is 3. The van der Waals surface area contributed by atoms with Crippen molar-refractivity contribution in [1.82, 2.24) is 4.98 Å². The zero-order chi connectivity index (χ0) is 11.6. The average Bonchev–Trinajstić information content (AvgIpc) is 2.16. The highest BCUT2D eigenvalue weighted by Crippen LogP contribution is 2.25. The largest absolute Gasteiger partial charge is 0.308 e. The lowest BCUT2D eigenvalue weighted by molar-refractivity contribution is -0.385. The van der Waals surface area contributed by atoms with E-state index in [1.165, 1.54) is 6.07 Å². The van der Waals surface area contributed by atoms with Crippen molar-refractivity contribution < 1.29 is 18.1 Å². The Morgan fingerprint density at radius 1 is 1.60 bits per heavy atom. The molecule has 0 aliphatic carbocycles. The zero-order valence-electron chi connectivity index (χ0n) is 6.95. The van der Waals surface area contributed by atoms with Crippen LogP contribution in [0.25, 0.3) is 0 Å². The van der Waals surface area contributed by atoms with Gasteiger partial charge in [0.2, 0.25) is 5.69 Å². The first kappa shape index (κ1) is 10.9. The van der Waals surface area contributed by atoms with Crippen LogP contribution in [0.2, 0.25) is 0 Å². The second-order valence-electron chi connectivity index (χ2n) is 2.39. The summed E-state index contributed by atoms with van der Waals surface area (Å²) in [6.45, 7) is 0. The molecule has 0 aliphatic heterocycles. The van der Waals surface area contributed by atoms with Gasteiger partial charge in [-0.25, -0.2) is 18.2 Å². The molecule has 1 aromatic rings. The number of hydrogen-bond donors (Lipinski definition) is 0. The van der Waals surface area contributed by atoms with Gasteiger partial charge < -0.3 is 0 Å².